The number of carbonyl (C=O) groups excluding carboxylic acids is 1. The van der Waals surface area contributed by atoms with Gasteiger partial charge in [0.05, 0.1) is 11.9 Å². The highest BCUT2D eigenvalue weighted by molar-refractivity contribution is 6.02. The topological polar surface area (TPSA) is 91.0 Å². The third-order valence-corrected chi connectivity index (χ3v) is 3.22. The third-order valence-electron chi connectivity index (χ3n) is 3.22. The molecule has 18 heavy (non-hydrogen) atoms. The Labute approximate surface area is 104 Å². The van der Waals surface area contributed by atoms with Crippen molar-refractivity contribution in [2.45, 2.75) is 25.4 Å². The fourth-order valence-electron chi connectivity index (χ4n) is 1.98. The molecule has 1 saturated heterocycles. The van der Waals surface area contributed by atoms with Crippen LogP contribution in [0.2, 0.25) is 0 Å². The van der Waals surface area contributed by atoms with Gasteiger partial charge in [-0.15, -0.1) is 0 Å². The number of piperidine rings is 1. The molecule has 98 valence electrons. The largest absolute Gasteiger partial charge is 0.478 e. The van der Waals surface area contributed by atoms with E-state index in [9.17, 15) is 14.7 Å². The minimum atomic E-state index is -1.18. The molecule has 2 N–H and O–H groups in total. The summed E-state index contributed by atoms with van der Waals surface area (Å²) in [5.74, 6) is -1.77. The van der Waals surface area contributed by atoms with Crippen molar-refractivity contribution in [2.75, 3.05) is 13.1 Å². The van der Waals surface area contributed by atoms with Crippen molar-refractivity contribution in [1.29, 1.82) is 0 Å². The SMILES string of the molecule is CC1(O)CCN(C(=O)c2occc2C(=O)O)CC1. The van der Waals surface area contributed by atoms with Crippen LogP contribution in [-0.2, 0) is 0 Å². The fourth-order valence-corrected chi connectivity index (χ4v) is 1.98. The highest BCUT2D eigenvalue weighted by Gasteiger charge is 2.32. The number of nitrogens with zero attached hydrogens (tertiary/aromatic N) is 1. The Morgan fingerprint density at radius 1 is 1.39 bits per heavy atom. The van der Waals surface area contributed by atoms with E-state index in [-0.39, 0.29) is 11.3 Å². The lowest BCUT2D eigenvalue weighted by atomic mass is 9.93. The Morgan fingerprint density at radius 3 is 2.56 bits per heavy atom. The van der Waals surface area contributed by atoms with E-state index >= 15 is 0 Å². The molecule has 0 spiro atoms. The molecule has 0 radical (unpaired) electrons. The number of amides is 1. The van der Waals surface area contributed by atoms with E-state index in [4.69, 9.17) is 9.52 Å². The van der Waals surface area contributed by atoms with Crippen LogP contribution in [-0.4, -0.2) is 45.7 Å². The number of hydrogen-bond acceptors (Lipinski definition) is 4. The first-order chi connectivity index (χ1) is 8.41. The van der Waals surface area contributed by atoms with Crippen molar-refractivity contribution >= 4 is 11.9 Å². The number of carbonyl (C=O) groups is 2. The molecule has 1 fully saturated rings. The van der Waals surface area contributed by atoms with Gasteiger partial charge in [0.15, 0.2) is 0 Å². The minimum Gasteiger partial charge on any atom is -0.478 e. The zero-order valence-corrected chi connectivity index (χ0v) is 10.0. The van der Waals surface area contributed by atoms with E-state index in [1.54, 1.807) is 6.92 Å². The number of furan rings is 1. The van der Waals surface area contributed by atoms with Crippen molar-refractivity contribution in [2.24, 2.45) is 0 Å². The highest BCUT2D eigenvalue weighted by atomic mass is 16.4. The van der Waals surface area contributed by atoms with Gasteiger partial charge in [-0.05, 0) is 25.8 Å². The Morgan fingerprint density at radius 2 is 2.00 bits per heavy atom. The van der Waals surface area contributed by atoms with Gasteiger partial charge in [0, 0.05) is 13.1 Å². The molecule has 1 aliphatic rings. The van der Waals surface area contributed by atoms with Crippen molar-refractivity contribution in [3.8, 4) is 0 Å². The van der Waals surface area contributed by atoms with Crippen LogP contribution in [0.25, 0.3) is 0 Å². The molecule has 2 heterocycles. The molecule has 0 aliphatic carbocycles. The van der Waals surface area contributed by atoms with Gasteiger partial charge >= 0.3 is 5.97 Å². The molecule has 0 bridgehead atoms. The van der Waals surface area contributed by atoms with Gasteiger partial charge in [-0.25, -0.2) is 4.79 Å². The molecule has 1 aromatic rings. The predicted octanol–water partition coefficient (Wildman–Crippen LogP) is 0.965. The number of carboxylic acids is 1. The molecule has 0 aromatic carbocycles. The summed E-state index contributed by atoms with van der Waals surface area (Å²) in [6.45, 7) is 2.52. The summed E-state index contributed by atoms with van der Waals surface area (Å²) in [7, 11) is 0. The van der Waals surface area contributed by atoms with Crippen molar-refractivity contribution in [3.05, 3.63) is 23.7 Å². The maximum absolute atomic E-state index is 12.1. The molecule has 0 unspecified atom stereocenters. The smallest absolute Gasteiger partial charge is 0.339 e. The molecule has 1 amide bonds. The van der Waals surface area contributed by atoms with Crippen LogP contribution in [0.15, 0.2) is 16.7 Å². The van der Waals surface area contributed by atoms with Crippen LogP contribution in [0.5, 0.6) is 0 Å². The zero-order valence-electron chi connectivity index (χ0n) is 10.0. The van der Waals surface area contributed by atoms with Crippen LogP contribution in [0, 0.1) is 0 Å². The third kappa shape index (κ3) is 2.38. The first kappa shape index (κ1) is 12.6. The molecule has 2 rings (SSSR count). The van der Waals surface area contributed by atoms with E-state index in [1.165, 1.54) is 17.2 Å². The number of aromatic carboxylic acids is 1. The molecule has 0 saturated carbocycles. The van der Waals surface area contributed by atoms with E-state index in [0.29, 0.717) is 25.9 Å². The molecule has 0 atom stereocenters. The monoisotopic (exact) mass is 253 g/mol. The van der Waals surface area contributed by atoms with Crippen molar-refractivity contribution in [3.63, 3.8) is 0 Å². The molecular weight excluding hydrogens is 238 g/mol. The van der Waals surface area contributed by atoms with Crippen LogP contribution in [0.3, 0.4) is 0 Å². The summed E-state index contributed by atoms with van der Waals surface area (Å²) in [6, 6.07) is 1.26. The van der Waals surface area contributed by atoms with Gasteiger partial charge in [-0.2, -0.15) is 0 Å². The second kappa shape index (κ2) is 4.45. The van der Waals surface area contributed by atoms with Crippen LogP contribution in [0.1, 0.15) is 40.7 Å². The predicted molar refractivity (Wildman–Crippen MR) is 61.4 cm³/mol. The first-order valence-corrected chi connectivity index (χ1v) is 5.73. The number of aliphatic hydroxyl groups is 1. The lowest BCUT2D eigenvalue weighted by Gasteiger charge is -2.35. The molecule has 1 aliphatic heterocycles. The summed E-state index contributed by atoms with van der Waals surface area (Å²) in [4.78, 5) is 24.5. The number of carboxylic acid groups (broad SMARTS) is 1. The zero-order chi connectivity index (χ0) is 13.3. The second-order valence-corrected chi connectivity index (χ2v) is 4.76. The van der Waals surface area contributed by atoms with Gasteiger partial charge in [0.1, 0.15) is 5.56 Å². The summed E-state index contributed by atoms with van der Waals surface area (Å²) in [6.07, 6.45) is 2.14. The average Bonchev–Trinajstić information content (AvgIpc) is 2.77. The summed E-state index contributed by atoms with van der Waals surface area (Å²) in [5, 5.41) is 18.7. The Balaban J connectivity index is 2.13. The van der Waals surface area contributed by atoms with Crippen molar-refractivity contribution in [1.82, 2.24) is 4.90 Å². The van der Waals surface area contributed by atoms with E-state index in [1.807, 2.05) is 0 Å². The van der Waals surface area contributed by atoms with E-state index in [2.05, 4.69) is 0 Å². The summed E-state index contributed by atoms with van der Waals surface area (Å²) in [5.41, 5.74) is -0.882. The number of rotatable bonds is 2. The number of likely N-dealkylation sites (tertiary alicyclic amines) is 1. The Bertz CT molecular complexity index is 467. The van der Waals surface area contributed by atoms with Gasteiger partial charge in [0.2, 0.25) is 5.76 Å². The van der Waals surface area contributed by atoms with Gasteiger partial charge in [-0.3, -0.25) is 4.79 Å². The first-order valence-electron chi connectivity index (χ1n) is 5.73. The highest BCUT2D eigenvalue weighted by Crippen LogP contribution is 2.23. The van der Waals surface area contributed by atoms with E-state index < -0.39 is 17.5 Å². The molecule has 1 aromatic heterocycles. The van der Waals surface area contributed by atoms with Gasteiger partial charge < -0.3 is 19.5 Å². The fraction of sp³-hybridized carbons (Fsp3) is 0.500. The van der Waals surface area contributed by atoms with Crippen LogP contribution in [0.4, 0.5) is 0 Å². The van der Waals surface area contributed by atoms with Gasteiger partial charge in [0.25, 0.3) is 5.91 Å². The summed E-state index contributed by atoms with van der Waals surface area (Å²) >= 11 is 0. The molecule has 6 heteroatoms. The van der Waals surface area contributed by atoms with Crippen LogP contribution < -0.4 is 0 Å². The Kier molecular flexibility index (Phi) is 3.13. The second-order valence-electron chi connectivity index (χ2n) is 4.76. The lowest BCUT2D eigenvalue weighted by molar-refractivity contribution is -0.00301. The van der Waals surface area contributed by atoms with E-state index in [0.717, 1.165) is 0 Å². The molecule has 6 nitrogen and oxygen atoms in total. The Hall–Kier alpha value is -1.82. The quantitative estimate of drug-likeness (QED) is 0.819. The maximum Gasteiger partial charge on any atom is 0.339 e. The number of hydrogen-bond donors (Lipinski definition) is 2. The lowest BCUT2D eigenvalue weighted by Crippen LogP contribution is -2.45. The minimum absolute atomic E-state index is 0.127. The van der Waals surface area contributed by atoms with Gasteiger partial charge in [-0.1, -0.05) is 0 Å². The standard InChI is InChI=1S/C12H15NO5/c1-12(17)3-5-13(6-4-12)10(14)9-8(11(15)16)2-7-18-9/h2,7,17H,3-6H2,1H3,(H,15,16). The van der Waals surface area contributed by atoms with Crippen molar-refractivity contribution < 1.29 is 24.2 Å². The maximum atomic E-state index is 12.1. The summed E-state index contributed by atoms with van der Waals surface area (Å²) < 4.78 is 4.96. The average molecular weight is 253 g/mol. The van der Waals surface area contributed by atoms with Crippen LogP contribution >= 0.6 is 0 Å². The molecular formula is C12H15NO5. The normalized spacial score (nSPS) is 18.7.